The Bertz CT molecular complexity index is 331. The van der Waals surface area contributed by atoms with Crippen LogP contribution in [0.1, 0.15) is 20.3 Å². The second-order valence-electron chi connectivity index (χ2n) is 4.90. The fourth-order valence-corrected chi connectivity index (χ4v) is 1.31. The van der Waals surface area contributed by atoms with Crippen LogP contribution in [0.4, 0.5) is 4.79 Å². The van der Waals surface area contributed by atoms with Gasteiger partial charge in [-0.15, -0.1) is 0 Å². The summed E-state index contributed by atoms with van der Waals surface area (Å²) in [6, 6.07) is -0.374. The van der Waals surface area contributed by atoms with Gasteiger partial charge in [0.05, 0.1) is 6.42 Å². The van der Waals surface area contributed by atoms with Gasteiger partial charge in [-0.2, -0.15) is 0 Å². The highest BCUT2D eigenvalue weighted by Gasteiger charge is 2.17. The number of nitrogens with zero attached hydrogens (tertiary/aromatic N) is 2. The summed E-state index contributed by atoms with van der Waals surface area (Å²) >= 11 is 0. The second-order valence-corrected chi connectivity index (χ2v) is 4.90. The number of carboxylic acids is 1. The first-order chi connectivity index (χ1) is 8.73. The van der Waals surface area contributed by atoms with Crippen molar-refractivity contribution >= 4 is 17.9 Å². The monoisotopic (exact) mass is 273 g/mol. The summed E-state index contributed by atoms with van der Waals surface area (Å²) in [5.74, 6) is -0.837. The van der Waals surface area contributed by atoms with E-state index in [0.29, 0.717) is 12.5 Å². The molecule has 0 rings (SSSR count). The van der Waals surface area contributed by atoms with E-state index < -0.39 is 5.97 Å². The molecule has 0 fully saturated rings. The molecule has 0 saturated heterocycles. The molecule has 0 aliphatic carbocycles. The molecule has 110 valence electrons. The van der Waals surface area contributed by atoms with E-state index in [1.54, 1.807) is 0 Å². The summed E-state index contributed by atoms with van der Waals surface area (Å²) in [4.78, 5) is 36.3. The van der Waals surface area contributed by atoms with Crippen LogP contribution in [0.5, 0.6) is 0 Å². The average molecular weight is 273 g/mol. The van der Waals surface area contributed by atoms with Crippen LogP contribution in [0, 0.1) is 5.92 Å². The summed E-state index contributed by atoms with van der Waals surface area (Å²) in [5.41, 5.74) is 0. The quantitative estimate of drug-likeness (QED) is 0.694. The van der Waals surface area contributed by atoms with Crippen molar-refractivity contribution in [2.24, 2.45) is 5.92 Å². The third-order valence-electron chi connectivity index (χ3n) is 2.40. The summed E-state index contributed by atoms with van der Waals surface area (Å²) in [6.07, 6.45) is -0.115. The topological polar surface area (TPSA) is 90.0 Å². The van der Waals surface area contributed by atoms with E-state index in [1.807, 2.05) is 13.8 Å². The molecule has 0 aromatic rings. The van der Waals surface area contributed by atoms with E-state index in [-0.39, 0.29) is 31.4 Å². The van der Waals surface area contributed by atoms with Gasteiger partial charge >= 0.3 is 12.0 Å². The Labute approximate surface area is 113 Å². The van der Waals surface area contributed by atoms with Crippen LogP contribution in [0.2, 0.25) is 0 Å². The Morgan fingerprint density at radius 1 is 1.16 bits per heavy atom. The molecule has 0 unspecified atom stereocenters. The highest BCUT2D eigenvalue weighted by Crippen LogP contribution is 1.96. The predicted octanol–water partition coefficient (Wildman–Crippen LogP) is 0.217. The maximum absolute atomic E-state index is 11.8. The van der Waals surface area contributed by atoms with Crippen molar-refractivity contribution in [3.8, 4) is 0 Å². The molecule has 0 spiro atoms. The minimum absolute atomic E-state index is 0.0387. The first-order valence-electron chi connectivity index (χ1n) is 6.18. The normalized spacial score (nSPS) is 10.2. The van der Waals surface area contributed by atoms with Gasteiger partial charge in [0.15, 0.2) is 0 Å². The van der Waals surface area contributed by atoms with Crippen LogP contribution in [-0.4, -0.2) is 66.5 Å². The number of hydrogen-bond acceptors (Lipinski definition) is 3. The number of carbonyl (C=O) groups is 3. The molecule has 0 radical (unpaired) electrons. The number of aliphatic carboxylic acids is 1. The zero-order valence-corrected chi connectivity index (χ0v) is 12.0. The van der Waals surface area contributed by atoms with E-state index >= 15 is 0 Å². The lowest BCUT2D eigenvalue weighted by Crippen LogP contribution is -2.45. The number of amides is 3. The largest absolute Gasteiger partial charge is 0.481 e. The number of likely N-dealkylation sites (N-methyl/N-ethyl adjacent to an activating group) is 1. The van der Waals surface area contributed by atoms with Crippen molar-refractivity contribution in [3.05, 3.63) is 0 Å². The SMILES string of the molecule is CC(C)CNC(=O)CN(C)C(=O)N(C)CCC(=O)O. The smallest absolute Gasteiger partial charge is 0.319 e. The van der Waals surface area contributed by atoms with Crippen LogP contribution in [0.25, 0.3) is 0 Å². The number of urea groups is 1. The first kappa shape index (κ1) is 17.2. The number of carbonyl (C=O) groups excluding carboxylic acids is 2. The van der Waals surface area contributed by atoms with Gasteiger partial charge in [0.25, 0.3) is 0 Å². The van der Waals surface area contributed by atoms with Gasteiger partial charge in [0, 0.05) is 27.2 Å². The van der Waals surface area contributed by atoms with Crippen molar-refractivity contribution in [3.63, 3.8) is 0 Å². The van der Waals surface area contributed by atoms with Crippen LogP contribution in [0.3, 0.4) is 0 Å². The van der Waals surface area contributed by atoms with Gasteiger partial charge in [-0.3, -0.25) is 9.59 Å². The predicted molar refractivity (Wildman–Crippen MR) is 70.8 cm³/mol. The minimum atomic E-state index is -0.961. The lowest BCUT2D eigenvalue weighted by atomic mass is 10.2. The van der Waals surface area contributed by atoms with Gasteiger partial charge in [-0.25, -0.2) is 4.79 Å². The molecule has 19 heavy (non-hydrogen) atoms. The maximum Gasteiger partial charge on any atom is 0.319 e. The zero-order valence-electron chi connectivity index (χ0n) is 12.0. The molecule has 2 N–H and O–H groups in total. The average Bonchev–Trinajstić information content (AvgIpc) is 2.32. The molecule has 0 aromatic heterocycles. The maximum atomic E-state index is 11.8. The Balaban J connectivity index is 4.11. The molecular weight excluding hydrogens is 250 g/mol. The van der Waals surface area contributed by atoms with Crippen molar-refractivity contribution < 1.29 is 19.5 Å². The third-order valence-corrected chi connectivity index (χ3v) is 2.40. The number of hydrogen-bond donors (Lipinski definition) is 2. The molecular formula is C12H23N3O4. The molecule has 0 aromatic carbocycles. The molecule has 0 bridgehead atoms. The number of rotatable bonds is 7. The van der Waals surface area contributed by atoms with Gasteiger partial charge in [-0.05, 0) is 5.92 Å². The molecule has 0 heterocycles. The molecule has 3 amide bonds. The summed E-state index contributed by atoms with van der Waals surface area (Å²) in [6.45, 7) is 4.61. The van der Waals surface area contributed by atoms with Gasteiger partial charge < -0.3 is 20.2 Å². The van der Waals surface area contributed by atoms with Crippen molar-refractivity contribution in [2.45, 2.75) is 20.3 Å². The second kappa shape index (κ2) is 8.34. The van der Waals surface area contributed by atoms with Crippen LogP contribution in [0.15, 0.2) is 0 Å². The van der Waals surface area contributed by atoms with E-state index in [4.69, 9.17) is 5.11 Å². The third kappa shape index (κ3) is 8.01. The Morgan fingerprint density at radius 2 is 1.74 bits per heavy atom. The van der Waals surface area contributed by atoms with Crippen LogP contribution >= 0.6 is 0 Å². The first-order valence-corrected chi connectivity index (χ1v) is 6.18. The van der Waals surface area contributed by atoms with Crippen molar-refractivity contribution in [1.82, 2.24) is 15.1 Å². The number of carboxylic acid groups (broad SMARTS) is 1. The minimum Gasteiger partial charge on any atom is -0.481 e. The highest BCUT2D eigenvalue weighted by atomic mass is 16.4. The fraction of sp³-hybridized carbons (Fsp3) is 0.750. The molecule has 0 aliphatic heterocycles. The zero-order chi connectivity index (χ0) is 15.0. The standard InChI is InChI=1S/C12H23N3O4/c1-9(2)7-13-10(16)8-15(4)12(19)14(3)6-5-11(17)18/h9H,5-8H2,1-4H3,(H,13,16)(H,17,18). The summed E-state index contributed by atoms with van der Waals surface area (Å²) in [7, 11) is 3.02. The fourth-order valence-electron chi connectivity index (χ4n) is 1.31. The molecule has 7 heteroatoms. The molecule has 7 nitrogen and oxygen atoms in total. The Hall–Kier alpha value is -1.79. The Morgan fingerprint density at radius 3 is 2.21 bits per heavy atom. The van der Waals surface area contributed by atoms with Crippen LogP contribution < -0.4 is 5.32 Å². The highest BCUT2D eigenvalue weighted by molar-refractivity contribution is 5.83. The van der Waals surface area contributed by atoms with Gasteiger partial charge in [0.2, 0.25) is 5.91 Å². The van der Waals surface area contributed by atoms with Crippen LogP contribution in [-0.2, 0) is 9.59 Å². The van der Waals surface area contributed by atoms with E-state index in [0.717, 1.165) is 0 Å². The number of nitrogens with one attached hydrogen (secondary N) is 1. The van der Waals surface area contributed by atoms with Gasteiger partial charge in [0.1, 0.15) is 6.54 Å². The van der Waals surface area contributed by atoms with Crippen molar-refractivity contribution in [1.29, 1.82) is 0 Å². The van der Waals surface area contributed by atoms with E-state index in [2.05, 4.69) is 5.32 Å². The molecule has 0 atom stereocenters. The van der Waals surface area contributed by atoms with Crippen molar-refractivity contribution in [2.75, 3.05) is 33.7 Å². The lowest BCUT2D eigenvalue weighted by Gasteiger charge is -2.24. The Kier molecular flexibility index (Phi) is 7.55. The summed E-state index contributed by atoms with van der Waals surface area (Å²) < 4.78 is 0. The molecule has 0 aliphatic rings. The van der Waals surface area contributed by atoms with E-state index in [9.17, 15) is 14.4 Å². The summed E-state index contributed by atoms with van der Waals surface area (Å²) in [5, 5.41) is 11.2. The van der Waals surface area contributed by atoms with Gasteiger partial charge in [-0.1, -0.05) is 13.8 Å². The van der Waals surface area contributed by atoms with E-state index in [1.165, 1.54) is 23.9 Å². The molecule has 0 saturated carbocycles. The lowest BCUT2D eigenvalue weighted by molar-refractivity contribution is -0.137.